The second-order valence-corrected chi connectivity index (χ2v) is 21.2. The van der Waals surface area contributed by atoms with Crippen LogP contribution in [0.4, 0.5) is 0 Å². The lowest BCUT2D eigenvalue weighted by molar-refractivity contribution is -0.167. The van der Waals surface area contributed by atoms with Crippen molar-refractivity contribution >= 4 is 17.9 Å². The van der Waals surface area contributed by atoms with Gasteiger partial charge in [-0.25, -0.2) is 0 Å². The third-order valence-electron chi connectivity index (χ3n) is 14.4. The van der Waals surface area contributed by atoms with E-state index in [1.165, 1.54) is 244 Å². The van der Waals surface area contributed by atoms with E-state index in [1.807, 2.05) is 0 Å². The maximum Gasteiger partial charge on any atom is 0.306 e. The Labute approximate surface area is 418 Å². The van der Waals surface area contributed by atoms with E-state index in [4.69, 9.17) is 14.2 Å². The fourth-order valence-electron chi connectivity index (χ4n) is 9.42. The smallest absolute Gasteiger partial charge is 0.306 e. The number of carbonyl (C=O) groups excluding carboxylic acids is 3. The summed E-state index contributed by atoms with van der Waals surface area (Å²) in [5.41, 5.74) is 0. The lowest BCUT2D eigenvalue weighted by atomic mass is 9.99. The van der Waals surface area contributed by atoms with Gasteiger partial charge in [-0.3, -0.25) is 14.4 Å². The van der Waals surface area contributed by atoms with Gasteiger partial charge >= 0.3 is 17.9 Å². The van der Waals surface area contributed by atoms with Gasteiger partial charge in [0.05, 0.1) is 0 Å². The Morgan fingerprint density at radius 2 is 0.522 bits per heavy atom. The summed E-state index contributed by atoms with van der Waals surface area (Å²) in [5.74, 6) is 0.0131. The molecular weight excluding hydrogens is 829 g/mol. The van der Waals surface area contributed by atoms with Gasteiger partial charge in [-0.1, -0.05) is 310 Å². The molecule has 0 radical (unpaired) electrons. The van der Waals surface area contributed by atoms with Crippen LogP contribution in [0.1, 0.15) is 349 Å². The molecule has 6 heteroatoms. The van der Waals surface area contributed by atoms with Gasteiger partial charge in [0.2, 0.25) is 0 Å². The molecule has 0 aliphatic carbocycles. The Bertz CT molecular complexity index is 1010. The van der Waals surface area contributed by atoms with Gasteiger partial charge in [0, 0.05) is 19.3 Å². The van der Waals surface area contributed by atoms with Crippen LogP contribution in [0.5, 0.6) is 0 Å². The molecule has 6 nitrogen and oxygen atoms in total. The van der Waals surface area contributed by atoms with Crippen LogP contribution in [0, 0.1) is 5.92 Å². The highest BCUT2D eigenvalue weighted by Crippen LogP contribution is 2.19. The van der Waals surface area contributed by atoms with Crippen molar-refractivity contribution in [1.82, 2.24) is 0 Å². The van der Waals surface area contributed by atoms with E-state index in [0.29, 0.717) is 19.3 Å². The van der Waals surface area contributed by atoms with Gasteiger partial charge in [-0.05, 0) is 25.2 Å². The minimum Gasteiger partial charge on any atom is -0.462 e. The van der Waals surface area contributed by atoms with Gasteiger partial charge in [-0.15, -0.1) is 0 Å². The summed E-state index contributed by atoms with van der Waals surface area (Å²) >= 11 is 0. The molecule has 0 aliphatic rings. The van der Waals surface area contributed by atoms with Crippen molar-refractivity contribution in [3.63, 3.8) is 0 Å². The van der Waals surface area contributed by atoms with Crippen LogP contribution in [0.25, 0.3) is 0 Å². The van der Waals surface area contributed by atoms with Gasteiger partial charge in [-0.2, -0.15) is 0 Å². The number of ether oxygens (including phenoxy) is 3. The minimum atomic E-state index is -0.763. The number of hydrogen-bond donors (Lipinski definition) is 0. The van der Waals surface area contributed by atoms with E-state index in [9.17, 15) is 14.4 Å². The van der Waals surface area contributed by atoms with E-state index >= 15 is 0 Å². The average Bonchev–Trinajstić information content (AvgIpc) is 3.33. The van der Waals surface area contributed by atoms with Crippen LogP contribution in [0.2, 0.25) is 0 Å². The Kier molecular flexibility index (Phi) is 54.0. The molecule has 0 aromatic carbocycles. The Morgan fingerprint density at radius 3 is 0.776 bits per heavy atom. The average molecular weight is 948 g/mol. The summed E-state index contributed by atoms with van der Waals surface area (Å²) in [7, 11) is 0. The van der Waals surface area contributed by atoms with E-state index in [1.54, 1.807) is 0 Å². The molecule has 398 valence electrons. The van der Waals surface area contributed by atoms with Crippen LogP contribution in [0.3, 0.4) is 0 Å². The highest BCUT2D eigenvalue weighted by Gasteiger charge is 2.19. The molecule has 0 bridgehead atoms. The van der Waals surface area contributed by atoms with E-state index in [-0.39, 0.29) is 31.1 Å². The highest BCUT2D eigenvalue weighted by atomic mass is 16.6. The molecule has 0 aromatic heterocycles. The van der Waals surface area contributed by atoms with Crippen molar-refractivity contribution in [3.05, 3.63) is 0 Å². The molecule has 0 spiro atoms. The molecule has 0 amide bonds. The third kappa shape index (κ3) is 53.6. The van der Waals surface area contributed by atoms with Crippen molar-refractivity contribution in [2.24, 2.45) is 5.92 Å². The monoisotopic (exact) mass is 947 g/mol. The predicted octanol–water partition coefficient (Wildman–Crippen LogP) is 20.2. The molecule has 1 unspecified atom stereocenters. The molecule has 67 heavy (non-hydrogen) atoms. The molecule has 0 saturated carbocycles. The van der Waals surface area contributed by atoms with Crippen LogP contribution in [-0.4, -0.2) is 37.2 Å². The van der Waals surface area contributed by atoms with Gasteiger partial charge < -0.3 is 14.2 Å². The normalized spacial score (nSPS) is 12.4. The fraction of sp³-hybridized carbons (Fsp3) is 0.951. The first-order valence-corrected chi connectivity index (χ1v) is 30.4. The lowest BCUT2D eigenvalue weighted by Crippen LogP contribution is -2.30. The first-order chi connectivity index (χ1) is 32.9. The quantitative estimate of drug-likeness (QED) is 0.0343. The van der Waals surface area contributed by atoms with Crippen molar-refractivity contribution in [2.75, 3.05) is 13.2 Å². The summed E-state index contributed by atoms with van der Waals surface area (Å²) in [6.07, 6.45) is 61.0. The Morgan fingerprint density at radius 1 is 0.299 bits per heavy atom. The highest BCUT2D eigenvalue weighted by molar-refractivity contribution is 5.71. The second-order valence-electron chi connectivity index (χ2n) is 21.2. The first-order valence-electron chi connectivity index (χ1n) is 30.4. The summed E-state index contributed by atoms with van der Waals surface area (Å²) < 4.78 is 16.9. The largest absolute Gasteiger partial charge is 0.462 e. The van der Waals surface area contributed by atoms with Crippen molar-refractivity contribution in [1.29, 1.82) is 0 Å². The molecular formula is C61H118O6. The zero-order valence-corrected chi connectivity index (χ0v) is 45.9. The first kappa shape index (κ1) is 65.4. The van der Waals surface area contributed by atoms with E-state index in [2.05, 4.69) is 27.7 Å². The fourth-order valence-corrected chi connectivity index (χ4v) is 9.42. The number of carbonyl (C=O) groups is 3. The molecule has 0 rings (SSSR count). The zero-order valence-electron chi connectivity index (χ0n) is 45.9. The van der Waals surface area contributed by atoms with E-state index in [0.717, 1.165) is 63.7 Å². The second kappa shape index (κ2) is 55.3. The minimum absolute atomic E-state index is 0.0620. The maximum absolute atomic E-state index is 12.9. The number of unbranched alkanes of at least 4 members (excludes halogenated alkanes) is 42. The summed E-state index contributed by atoms with van der Waals surface area (Å²) in [5, 5.41) is 0. The van der Waals surface area contributed by atoms with Crippen molar-refractivity contribution in [2.45, 2.75) is 355 Å². The Hall–Kier alpha value is -1.59. The van der Waals surface area contributed by atoms with Crippen LogP contribution in [0.15, 0.2) is 0 Å². The van der Waals surface area contributed by atoms with E-state index < -0.39 is 6.10 Å². The van der Waals surface area contributed by atoms with Crippen molar-refractivity contribution in [3.8, 4) is 0 Å². The number of esters is 3. The Balaban J connectivity index is 4.26. The molecule has 0 saturated heterocycles. The van der Waals surface area contributed by atoms with Gasteiger partial charge in [0.1, 0.15) is 13.2 Å². The third-order valence-corrected chi connectivity index (χ3v) is 14.4. The zero-order chi connectivity index (χ0) is 48.8. The maximum atomic E-state index is 12.9. The molecule has 0 aliphatic heterocycles. The SMILES string of the molecule is CCCCCCCCCCCCCCCCCCCCCC(=O)OC[C@@H](COC(=O)CCCCCCCCCCC(C)CC)OC(=O)CCCCCCCCCCCCCCCCCCCC. The lowest BCUT2D eigenvalue weighted by Gasteiger charge is -2.18. The van der Waals surface area contributed by atoms with Gasteiger partial charge in [0.15, 0.2) is 6.10 Å². The molecule has 0 heterocycles. The van der Waals surface area contributed by atoms with Crippen LogP contribution < -0.4 is 0 Å². The molecule has 0 N–H and O–H groups in total. The number of hydrogen-bond acceptors (Lipinski definition) is 6. The summed E-state index contributed by atoms with van der Waals surface area (Å²) in [6, 6.07) is 0. The molecule has 0 aromatic rings. The molecule has 2 atom stereocenters. The van der Waals surface area contributed by atoms with Crippen LogP contribution in [-0.2, 0) is 28.6 Å². The summed E-state index contributed by atoms with van der Waals surface area (Å²) in [6.45, 7) is 9.07. The topological polar surface area (TPSA) is 78.9 Å². The number of rotatable bonds is 56. The van der Waals surface area contributed by atoms with Crippen molar-refractivity contribution < 1.29 is 28.6 Å². The molecule has 0 fully saturated rings. The van der Waals surface area contributed by atoms with Crippen LogP contribution >= 0.6 is 0 Å². The standard InChI is InChI=1S/C61H118O6/c1-5-8-10-12-14-16-18-20-22-24-26-28-29-31-33-35-40-44-48-52-59(62)65-55-58(56-66-60(63)53-49-45-41-38-37-39-43-47-51-57(4)7-3)67-61(64)54-50-46-42-36-34-32-30-27-25-23-21-19-17-15-13-11-9-6-2/h57-58H,5-56H2,1-4H3/t57?,58-/m0/s1. The summed E-state index contributed by atoms with van der Waals surface area (Å²) in [4.78, 5) is 38.2. The predicted molar refractivity (Wildman–Crippen MR) is 289 cm³/mol. The van der Waals surface area contributed by atoms with Gasteiger partial charge in [0.25, 0.3) is 0 Å².